The fourth-order valence-electron chi connectivity index (χ4n) is 1.38. The van der Waals surface area contributed by atoms with Crippen LogP contribution in [0.25, 0.3) is 0 Å². The van der Waals surface area contributed by atoms with Gasteiger partial charge in [-0.2, -0.15) is 0 Å². The number of hydrogen-bond donors (Lipinski definition) is 3. The van der Waals surface area contributed by atoms with Gasteiger partial charge in [0.05, 0.1) is 6.61 Å². The number of carboxylic acid groups (broad SMARTS) is 1. The smallest absolute Gasteiger partial charge is 0.328 e. The fourth-order valence-corrected chi connectivity index (χ4v) is 1.38. The zero-order chi connectivity index (χ0) is 12.1. The average molecular weight is 228 g/mol. The minimum Gasteiger partial charge on any atom is -0.480 e. The van der Waals surface area contributed by atoms with Crippen molar-refractivity contribution in [1.82, 2.24) is 10.2 Å². The van der Waals surface area contributed by atoms with E-state index in [1.165, 1.54) is 10.5 Å². The first-order valence-electron chi connectivity index (χ1n) is 5.09. The third-order valence-electron chi connectivity index (χ3n) is 2.50. The summed E-state index contributed by atoms with van der Waals surface area (Å²) in [5.41, 5.74) is 1.22. The molecule has 90 valence electrons. The van der Waals surface area contributed by atoms with Gasteiger partial charge in [-0.1, -0.05) is 11.6 Å². The number of carboxylic acids is 1. The van der Waals surface area contributed by atoms with Crippen LogP contribution >= 0.6 is 0 Å². The average Bonchev–Trinajstić information content (AvgIpc) is 2.26. The van der Waals surface area contributed by atoms with Crippen molar-refractivity contribution in [3.8, 4) is 0 Å². The molecule has 6 heteroatoms. The maximum Gasteiger partial charge on any atom is 0.328 e. The normalized spacial score (nSPS) is 17.6. The third-order valence-corrected chi connectivity index (χ3v) is 2.50. The molecule has 0 radical (unpaired) electrons. The van der Waals surface area contributed by atoms with Crippen LogP contribution in [0.4, 0.5) is 4.79 Å². The SMILES string of the molecule is CC1=CCN(C(=O)N[C@H](CO)C(=O)O)CC1. The molecule has 0 aliphatic carbocycles. The highest BCUT2D eigenvalue weighted by atomic mass is 16.4. The molecule has 0 aromatic rings. The summed E-state index contributed by atoms with van der Waals surface area (Å²) in [7, 11) is 0. The minimum atomic E-state index is -1.24. The van der Waals surface area contributed by atoms with E-state index in [1.54, 1.807) is 0 Å². The molecule has 0 aromatic carbocycles. The van der Waals surface area contributed by atoms with E-state index < -0.39 is 24.6 Å². The summed E-state index contributed by atoms with van der Waals surface area (Å²) >= 11 is 0. The standard InChI is InChI=1S/C10H16N2O4/c1-7-2-4-12(5-3-7)10(16)11-8(6-13)9(14)15/h2,8,13H,3-6H2,1H3,(H,11,16)(H,14,15)/t8-/m1/s1. The lowest BCUT2D eigenvalue weighted by Crippen LogP contribution is -2.50. The van der Waals surface area contributed by atoms with E-state index in [1.807, 2.05) is 13.0 Å². The van der Waals surface area contributed by atoms with Gasteiger partial charge < -0.3 is 20.4 Å². The van der Waals surface area contributed by atoms with Crippen molar-refractivity contribution < 1.29 is 19.8 Å². The molecule has 1 atom stereocenters. The van der Waals surface area contributed by atoms with E-state index in [4.69, 9.17) is 10.2 Å². The van der Waals surface area contributed by atoms with Crippen molar-refractivity contribution in [3.05, 3.63) is 11.6 Å². The second kappa shape index (κ2) is 5.50. The number of carbonyl (C=O) groups excluding carboxylic acids is 1. The summed E-state index contributed by atoms with van der Waals surface area (Å²) in [6.07, 6.45) is 2.72. The van der Waals surface area contributed by atoms with Gasteiger partial charge in [0.15, 0.2) is 6.04 Å². The van der Waals surface area contributed by atoms with E-state index in [0.717, 1.165) is 6.42 Å². The molecule has 1 heterocycles. The van der Waals surface area contributed by atoms with Crippen LogP contribution in [0, 0.1) is 0 Å². The summed E-state index contributed by atoms with van der Waals surface area (Å²) in [5.74, 6) is -1.24. The number of urea groups is 1. The number of carbonyl (C=O) groups is 2. The van der Waals surface area contributed by atoms with Crippen LogP contribution in [0.15, 0.2) is 11.6 Å². The highest BCUT2D eigenvalue weighted by molar-refractivity contribution is 5.82. The van der Waals surface area contributed by atoms with Crippen molar-refractivity contribution in [2.75, 3.05) is 19.7 Å². The quantitative estimate of drug-likeness (QED) is 0.583. The second-order valence-electron chi connectivity index (χ2n) is 3.77. The van der Waals surface area contributed by atoms with Crippen LogP contribution in [0.2, 0.25) is 0 Å². The Bertz CT molecular complexity index is 314. The van der Waals surface area contributed by atoms with Crippen LogP contribution < -0.4 is 5.32 Å². The first kappa shape index (κ1) is 12.5. The van der Waals surface area contributed by atoms with Gasteiger partial charge in [0, 0.05) is 13.1 Å². The molecule has 0 spiro atoms. The zero-order valence-corrected chi connectivity index (χ0v) is 9.14. The van der Waals surface area contributed by atoms with Crippen molar-refractivity contribution in [2.45, 2.75) is 19.4 Å². The molecule has 0 unspecified atom stereocenters. The lowest BCUT2D eigenvalue weighted by molar-refractivity contribution is -0.140. The Kier molecular flexibility index (Phi) is 4.30. The van der Waals surface area contributed by atoms with Crippen LogP contribution in [-0.2, 0) is 4.79 Å². The number of rotatable bonds is 3. The van der Waals surface area contributed by atoms with E-state index >= 15 is 0 Å². The Morgan fingerprint density at radius 1 is 1.62 bits per heavy atom. The first-order chi connectivity index (χ1) is 7.54. The number of aliphatic carboxylic acids is 1. The summed E-state index contributed by atoms with van der Waals surface area (Å²) in [4.78, 5) is 23.7. The molecule has 6 nitrogen and oxygen atoms in total. The molecule has 0 aromatic heterocycles. The lowest BCUT2D eigenvalue weighted by Gasteiger charge is -2.26. The fraction of sp³-hybridized carbons (Fsp3) is 0.600. The minimum absolute atomic E-state index is 0.454. The van der Waals surface area contributed by atoms with Crippen LogP contribution in [0.5, 0.6) is 0 Å². The summed E-state index contributed by atoms with van der Waals surface area (Å²) in [6.45, 7) is 2.44. The van der Waals surface area contributed by atoms with Gasteiger partial charge in [-0.05, 0) is 13.3 Å². The lowest BCUT2D eigenvalue weighted by atomic mass is 10.1. The number of aliphatic hydroxyl groups is 1. The van der Waals surface area contributed by atoms with Crippen molar-refractivity contribution >= 4 is 12.0 Å². The van der Waals surface area contributed by atoms with Crippen molar-refractivity contribution in [3.63, 3.8) is 0 Å². The number of nitrogens with one attached hydrogen (secondary N) is 1. The molecule has 1 rings (SSSR count). The Labute approximate surface area is 93.5 Å². The predicted octanol–water partition coefficient (Wildman–Crippen LogP) is -0.207. The molecule has 16 heavy (non-hydrogen) atoms. The molecule has 2 amide bonds. The van der Waals surface area contributed by atoms with Crippen LogP contribution in [0.1, 0.15) is 13.3 Å². The highest BCUT2D eigenvalue weighted by Gasteiger charge is 2.22. The molecule has 1 aliphatic heterocycles. The van der Waals surface area contributed by atoms with Crippen LogP contribution in [0.3, 0.4) is 0 Å². The molecule has 0 bridgehead atoms. The molecular weight excluding hydrogens is 212 g/mol. The first-order valence-corrected chi connectivity index (χ1v) is 5.09. The Balaban J connectivity index is 2.49. The maximum atomic E-state index is 11.6. The predicted molar refractivity (Wildman–Crippen MR) is 57.0 cm³/mol. The van der Waals surface area contributed by atoms with E-state index in [0.29, 0.717) is 13.1 Å². The summed E-state index contributed by atoms with van der Waals surface area (Å²) < 4.78 is 0. The van der Waals surface area contributed by atoms with Gasteiger partial charge in [0.2, 0.25) is 0 Å². The number of aliphatic hydroxyl groups excluding tert-OH is 1. The van der Waals surface area contributed by atoms with E-state index in [9.17, 15) is 9.59 Å². The van der Waals surface area contributed by atoms with E-state index in [2.05, 4.69) is 5.32 Å². The van der Waals surface area contributed by atoms with E-state index in [-0.39, 0.29) is 0 Å². The molecule has 3 N–H and O–H groups in total. The monoisotopic (exact) mass is 228 g/mol. The number of nitrogens with zero attached hydrogens (tertiary/aromatic N) is 1. The summed E-state index contributed by atoms with van der Waals surface area (Å²) in [6, 6.07) is -1.69. The topological polar surface area (TPSA) is 89.9 Å². The molecule has 0 saturated carbocycles. The largest absolute Gasteiger partial charge is 0.480 e. The Morgan fingerprint density at radius 3 is 2.75 bits per heavy atom. The second-order valence-corrected chi connectivity index (χ2v) is 3.77. The Hall–Kier alpha value is -1.56. The highest BCUT2D eigenvalue weighted by Crippen LogP contribution is 2.09. The van der Waals surface area contributed by atoms with Gasteiger partial charge in [-0.25, -0.2) is 9.59 Å². The van der Waals surface area contributed by atoms with Gasteiger partial charge in [0.1, 0.15) is 0 Å². The zero-order valence-electron chi connectivity index (χ0n) is 9.14. The third kappa shape index (κ3) is 3.23. The van der Waals surface area contributed by atoms with Crippen molar-refractivity contribution in [2.24, 2.45) is 0 Å². The molecule has 0 saturated heterocycles. The molecule has 1 aliphatic rings. The van der Waals surface area contributed by atoms with Gasteiger partial charge >= 0.3 is 12.0 Å². The summed E-state index contributed by atoms with van der Waals surface area (Å²) in [5, 5.41) is 19.7. The van der Waals surface area contributed by atoms with Gasteiger partial charge in [-0.3, -0.25) is 0 Å². The molecule has 0 fully saturated rings. The van der Waals surface area contributed by atoms with Gasteiger partial charge in [-0.15, -0.1) is 0 Å². The Morgan fingerprint density at radius 2 is 2.31 bits per heavy atom. The van der Waals surface area contributed by atoms with Crippen molar-refractivity contribution in [1.29, 1.82) is 0 Å². The van der Waals surface area contributed by atoms with Gasteiger partial charge in [0.25, 0.3) is 0 Å². The molecular formula is C10H16N2O4. The van der Waals surface area contributed by atoms with Crippen LogP contribution in [-0.4, -0.2) is 52.9 Å². The number of amides is 2. The number of hydrogen-bond acceptors (Lipinski definition) is 3. The maximum absolute atomic E-state index is 11.6.